The van der Waals surface area contributed by atoms with E-state index in [9.17, 15) is 0 Å². The van der Waals surface area contributed by atoms with Crippen molar-refractivity contribution in [3.63, 3.8) is 0 Å². The Morgan fingerprint density at radius 3 is 2.79 bits per heavy atom. The second-order valence-electron chi connectivity index (χ2n) is 4.30. The van der Waals surface area contributed by atoms with Crippen LogP contribution in [0.15, 0.2) is 18.5 Å². The van der Waals surface area contributed by atoms with Gasteiger partial charge in [-0.3, -0.25) is 4.98 Å². The van der Waals surface area contributed by atoms with Crippen molar-refractivity contribution in [3.05, 3.63) is 24.0 Å². The van der Waals surface area contributed by atoms with Crippen molar-refractivity contribution in [2.75, 3.05) is 33.5 Å². The van der Waals surface area contributed by atoms with Gasteiger partial charge in [0, 0.05) is 26.0 Å². The van der Waals surface area contributed by atoms with E-state index in [1.165, 1.54) is 0 Å². The Hall–Kier alpha value is -1.17. The van der Waals surface area contributed by atoms with Crippen molar-refractivity contribution < 1.29 is 14.2 Å². The van der Waals surface area contributed by atoms with Crippen LogP contribution in [-0.4, -0.2) is 38.5 Å². The third-order valence-corrected chi connectivity index (χ3v) is 2.64. The highest BCUT2D eigenvalue weighted by molar-refractivity contribution is 5.25. The lowest BCUT2D eigenvalue weighted by Crippen LogP contribution is -2.14. The van der Waals surface area contributed by atoms with Gasteiger partial charge in [0.05, 0.1) is 26.0 Å². The van der Waals surface area contributed by atoms with Gasteiger partial charge >= 0.3 is 0 Å². The van der Waals surface area contributed by atoms with Gasteiger partial charge in [-0.05, 0) is 24.5 Å². The smallest absolute Gasteiger partial charge is 0.137 e. The monoisotopic (exact) mass is 268 g/mol. The molecule has 5 nitrogen and oxygen atoms in total. The Morgan fingerprint density at radius 1 is 1.21 bits per heavy atom. The fraction of sp³-hybridized carbons (Fsp3) is 0.643. The summed E-state index contributed by atoms with van der Waals surface area (Å²) in [6.45, 7) is 4.59. The number of hydrogen-bond acceptors (Lipinski definition) is 5. The molecule has 0 radical (unpaired) electrons. The molecule has 1 atom stereocenters. The third-order valence-electron chi connectivity index (χ3n) is 2.64. The maximum atomic E-state index is 6.10. The number of rotatable bonds is 10. The van der Waals surface area contributed by atoms with Crippen LogP contribution in [0, 0.1) is 0 Å². The van der Waals surface area contributed by atoms with Crippen LogP contribution in [0.5, 0.6) is 5.75 Å². The molecule has 1 aromatic heterocycles. The molecule has 0 aliphatic heterocycles. The van der Waals surface area contributed by atoms with Crippen LogP contribution in [0.2, 0.25) is 0 Å². The molecule has 19 heavy (non-hydrogen) atoms. The minimum absolute atomic E-state index is 0.0831. The van der Waals surface area contributed by atoms with Gasteiger partial charge in [-0.2, -0.15) is 0 Å². The van der Waals surface area contributed by atoms with E-state index < -0.39 is 0 Å². The molecular weight excluding hydrogens is 244 g/mol. The molecule has 0 aromatic carbocycles. The molecule has 1 unspecified atom stereocenters. The first-order valence-electron chi connectivity index (χ1n) is 6.68. The van der Waals surface area contributed by atoms with Gasteiger partial charge in [0.25, 0.3) is 0 Å². The van der Waals surface area contributed by atoms with E-state index in [1.807, 2.05) is 6.07 Å². The lowest BCUT2D eigenvalue weighted by atomic mass is 10.1. The summed E-state index contributed by atoms with van der Waals surface area (Å²) in [6, 6.07) is 1.86. The standard InChI is InChI=1S/C14H24N2O3/c1-3-5-19-13-9-12(10-16-11-13)14(15)4-6-18-8-7-17-2/h9-11,14H,3-8,15H2,1-2H3. The quantitative estimate of drug-likeness (QED) is 0.657. The van der Waals surface area contributed by atoms with Gasteiger partial charge in [-0.25, -0.2) is 0 Å². The van der Waals surface area contributed by atoms with Gasteiger partial charge in [-0.15, -0.1) is 0 Å². The highest BCUT2D eigenvalue weighted by atomic mass is 16.5. The minimum Gasteiger partial charge on any atom is -0.492 e. The van der Waals surface area contributed by atoms with Crippen LogP contribution in [0.4, 0.5) is 0 Å². The molecule has 5 heteroatoms. The molecule has 0 bridgehead atoms. The topological polar surface area (TPSA) is 66.6 Å². The molecule has 0 aliphatic rings. The van der Waals surface area contributed by atoms with Crippen molar-refractivity contribution in [1.82, 2.24) is 4.98 Å². The van der Waals surface area contributed by atoms with Crippen LogP contribution in [0.3, 0.4) is 0 Å². The maximum absolute atomic E-state index is 6.10. The predicted octanol–water partition coefficient (Wildman–Crippen LogP) is 1.92. The van der Waals surface area contributed by atoms with Crippen LogP contribution >= 0.6 is 0 Å². The minimum atomic E-state index is -0.0831. The number of pyridine rings is 1. The van der Waals surface area contributed by atoms with E-state index in [1.54, 1.807) is 19.5 Å². The van der Waals surface area contributed by atoms with Crippen molar-refractivity contribution in [2.24, 2.45) is 5.73 Å². The van der Waals surface area contributed by atoms with E-state index in [4.69, 9.17) is 19.9 Å². The number of aromatic nitrogens is 1. The summed E-state index contributed by atoms with van der Waals surface area (Å²) in [4.78, 5) is 4.15. The van der Waals surface area contributed by atoms with Crippen molar-refractivity contribution >= 4 is 0 Å². The molecule has 0 saturated heterocycles. The maximum Gasteiger partial charge on any atom is 0.137 e. The summed E-state index contributed by atoms with van der Waals surface area (Å²) < 4.78 is 15.8. The first-order valence-corrected chi connectivity index (χ1v) is 6.68. The summed E-state index contributed by atoms with van der Waals surface area (Å²) >= 11 is 0. The second kappa shape index (κ2) is 9.72. The fourth-order valence-electron chi connectivity index (χ4n) is 1.56. The average molecular weight is 268 g/mol. The Balaban J connectivity index is 2.36. The highest BCUT2D eigenvalue weighted by Gasteiger charge is 2.07. The molecule has 1 heterocycles. The zero-order chi connectivity index (χ0) is 13.9. The molecule has 1 aromatic rings. The Kier molecular flexibility index (Phi) is 8.13. The molecule has 1 rings (SSSR count). The molecule has 0 aliphatic carbocycles. The average Bonchev–Trinajstić information content (AvgIpc) is 2.45. The Labute approximate surface area is 115 Å². The zero-order valence-electron chi connectivity index (χ0n) is 11.8. The molecule has 108 valence electrons. The third kappa shape index (κ3) is 6.52. The van der Waals surface area contributed by atoms with Crippen LogP contribution in [0.1, 0.15) is 31.4 Å². The molecule has 0 fully saturated rings. The summed E-state index contributed by atoms with van der Waals surface area (Å²) in [6.07, 6.45) is 5.21. The van der Waals surface area contributed by atoms with Gasteiger partial charge in [-0.1, -0.05) is 6.92 Å². The summed E-state index contributed by atoms with van der Waals surface area (Å²) in [5.41, 5.74) is 7.08. The normalized spacial score (nSPS) is 12.4. The number of ether oxygens (including phenoxy) is 3. The SMILES string of the molecule is CCCOc1cncc(C(N)CCOCCOC)c1. The molecule has 0 spiro atoms. The van der Waals surface area contributed by atoms with E-state index >= 15 is 0 Å². The van der Waals surface area contributed by atoms with Crippen LogP contribution in [-0.2, 0) is 9.47 Å². The number of nitrogens with two attached hydrogens (primary N) is 1. The van der Waals surface area contributed by atoms with Crippen LogP contribution in [0.25, 0.3) is 0 Å². The summed E-state index contributed by atoms with van der Waals surface area (Å²) in [7, 11) is 1.66. The zero-order valence-corrected chi connectivity index (χ0v) is 11.8. The van der Waals surface area contributed by atoms with E-state index in [2.05, 4.69) is 11.9 Å². The van der Waals surface area contributed by atoms with E-state index in [0.29, 0.717) is 26.4 Å². The summed E-state index contributed by atoms with van der Waals surface area (Å²) in [5, 5.41) is 0. The second-order valence-corrected chi connectivity index (χ2v) is 4.30. The van der Waals surface area contributed by atoms with Gasteiger partial charge in [0.2, 0.25) is 0 Å². The fourth-order valence-corrected chi connectivity index (χ4v) is 1.56. The van der Waals surface area contributed by atoms with Crippen molar-refractivity contribution in [2.45, 2.75) is 25.8 Å². The highest BCUT2D eigenvalue weighted by Crippen LogP contribution is 2.18. The van der Waals surface area contributed by atoms with Crippen LogP contribution < -0.4 is 10.5 Å². The number of hydrogen-bond donors (Lipinski definition) is 1. The van der Waals surface area contributed by atoms with Gasteiger partial charge in [0.1, 0.15) is 5.75 Å². The first kappa shape index (κ1) is 15.9. The Bertz CT molecular complexity index is 347. The summed E-state index contributed by atoms with van der Waals surface area (Å²) in [5.74, 6) is 0.773. The van der Waals surface area contributed by atoms with E-state index in [-0.39, 0.29) is 6.04 Å². The van der Waals surface area contributed by atoms with E-state index in [0.717, 1.165) is 24.2 Å². The largest absolute Gasteiger partial charge is 0.492 e. The van der Waals surface area contributed by atoms with Crippen molar-refractivity contribution in [1.29, 1.82) is 0 Å². The molecular formula is C14H24N2O3. The Morgan fingerprint density at radius 2 is 2.05 bits per heavy atom. The number of nitrogens with zero attached hydrogens (tertiary/aromatic N) is 1. The molecule has 0 amide bonds. The number of methoxy groups -OCH3 is 1. The lowest BCUT2D eigenvalue weighted by molar-refractivity contribution is 0.0672. The lowest BCUT2D eigenvalue weighted by Gasteiger charge is -2.13. The molecule has 2 N–H and O–H groups in total. The van der Waals surface area contributed by atoms with Crippen molar-refractivity contribution in [3.8, 4) is 5.75 Å². The van der Waals surface area contributed by atoms with Gasteiger partial charge in [0.15, 0.2) is 0 Å². The predicted molar refractivity (Wildman–Crippen MR) is 74.3 cm³/mol. The van der Waals surface area contributed by atoms with Gasteiger partial charge < -0.3 is 19.9 Å². The first-order chi connectivity index (χ1) is 9.27. The molecule has 0 saturated carbocycles.